The first-order valence-electron chi connectivity index (χ1n) is 8.35. The molecule has 1 saturated carbocycles. The molecule has 3 rings (SSSR count). The number of nitrogens with zero attached hydrogens (tertiary/aromatic N) is 1. The summed E-state index contributed by atoms with van der Waals surface area (Å²) in [5.74, 6) is 0.541. The molecule has 4 nitrogen and oxygen atoms in total. The number of carbonyl (C=O) groups is 1. The van der Waals surface area contributed by atoms with E-state index >= 15 is 0 Å². The van der Waals surface area contributed by atoms with E-state index in [0.29, 0.717) is 35.5 Å². The zero-order valence-corrected chi connectivity index (χ0v) is 15.9. The van der Waals surface area contributed by atoms with Crippen molar-refractivity contribution in [1.29, 1.82) is 0 Å². The largest absolute Gasteiger partial charge is 0.341 e. The molecule has 1 aliphatic carbocycles. The molecule has 0 radical (unpaired) electrons. The molecule has 0 aromatic heterocycles. The average molecular weight is 388 g/mol. The van der Waals surface area contributed by atoms with Crippen LogP contribution in [0.25, 0.3) is 0 Å². The van der Waals surface area contributed by atoms with E-state index < -0.39 is 15.1 Å². The summed E-state index contributed by atoms with van der Waals surface area (Å²) in [4.78, 5) is 14.3. The Morgan fingerprint density at radius 3 is 2.50 bits per heavy atom. The molecule has 1 heterocycles. The van der Waals surface area contributed by atoms with Crippen molar-refractivity contribution in [3.05, 3.63) is 29.3 Å². The van der Waals surface area contributed by atoms with Crippen LogP contribution < -0.4 is 0 Å². The second-order valence-corrected chi connectivity index (χ2v) is 10.4. The number of amides is 1. The smallest absolute Gasteiger partial charge is 0.232 e. The van der Waals surface area contributed by atoms with Gasteiger partial charge in [0.05, 0.1) is 15.9 Å². The molecule has 1 saturated heterocycles. The number of hydrogen-bond acceptors (Lipinski definition) is 4. The molecule has 1 atom stereocenters. The van der Waals surface area contributed by atoms with E-state index in [1.807, 2.05) is 0 Å². The molecule has 24 heavy (non-hydrogen) atoms. The molecular formula is C17H22ClNO3S2. The number of carbonyl (C=O) groups excluding carboxylic acids is 1. The lowest BCUT2D eigenvalue weighted by Crippen LogP contribution is -2.33. The van der Waals surface area contributed by atoms with Crippen LogP contribution >= 0.6 is 23.4 Å². The Morgan fingerprint density at radius 2 is 1.83 bits per heavy atom. The average Bonchev–Trinajstić information content (AvgIpc) is 3.25. The lowest BCUT2D eigenvalue weighted by molar-refractivity contribution is -0.127. The molecule has 0 bridgehead atoms. The molecule has 1 aromatic rings. The molecule has 0 unspecified atom stereocenters. The number of rotatable bonds is 5. The Bertz CT molecular complexity index is 684. The van der Waals surface area contributed by atoms with Crippen LogP contribution in [-0.2, 0) is 14.6 Å². The number of benzene rings is 1. The Morgan fingerprint density at radius 1 is 1.17 bits per heavy atom. The highest BCUT2D eigenvalue weighted by molar-refractivity contribution is 8.00. The van der Waals surface area contributed by atoms with Gasteiger partial charge in [-0.15, -0.1) is 11.8 Å². The number of sulfone groups is 1. The highest BCUT2D eigenvalue weighted by Crippen LogP contribution is 2.30. The predicted octanol–water partition coefficient (Wildman–Crippen LogP) is 3.39. The summed E-state index contributed by atoms with van der Waals surface area (Å²) < 4.78 is 25.4. The van der Waals surface area contributed by atoms with E-state index in [1.54, 1.807) is 28.8 Å². The normalized spacial score (nSPS) is 22.2. The summed E-state index contributed by atoms with van der Waals surface area (Å²) in [7, 11) is -3.41. The first-order valence-corrected chi connectivity index (χ1v) is 11.3. The van der Waals surface area contributed by atoms with Crippen LogP contribution in [0, 0.1) is 0 Å². The maximum absolute atomic E-state index is 12.7. The highest BCUT2D eigenvalue weighted by Gasteiger charge is 2.36. The van der Waals surface area contributed by atoms with Gasteiger partial charge in [-0.1, -0.05) is 24.4 Å². The van der Waals surface area contributed by atoms with Crippen molar-refractivity contribution in [1.82, 2.24) is 4.90 Å². The summed E-state index contributed by atoms with van der Waals surface area (Å²) >= 11 is 7.56. The third-order valence-electron chi connectivity index (χ3n) is 4.82. The molecule has 132 valence electrons. The van der Waals surface area contributed by atoms with Crippen LogP contribution in [0.5, 0.6) is 0 Å². The Kier molecular flexibility index (Phi) is 5.78. The van der Waals surface area contributed by atoms with Crippen molar-refractivity contribution >= 4 is 39.1 Å². The SMILES string of the molecule is O=C(CSC1CCCC1)N1CC[C@@H](S(=O)(=O)c2ccc(Cl)cc2)C1. The summed E-state index contributed by atoms with van der Waals surface area (Å²) in [5, 5.41) is 0.602. The van der Waals surface area contributed by atoms with E-state index in [1.165, 1.54) is 37.8 Å². The number of likely N-dealkylation sites (tertiary alicyclic amines) is 1. The maximum atomic E-state index is 12.7. The van der Waals surface area contributed by atoms with E-state index in [9.17, 15) is 13.2 Å². The third kappa shape index (κ3) is 4.09. The molecule has 2 aliphatic rings. The van der Waals surface area contributed by atoms with Gasteiger partial charge in [-0.05, 0) is 43.5 Å². The number of thioether (sulfide) groups is 1. The standard InChI is InChI=1S/C17H22ClNO3S2/c18-13-5-7-15(8-6-13)24(21,22)16-9-10-19(11-16)17(20)12-23-14-3-1-2-4-14/h5-8,14,16H,1-4,9-12H2/t16-/m1/s1. The van der Waals surface area contributed by atoms with Crippen molar-refractivity contribution < 1.29 is 13.2 Å². The monoisotopic (exact) mass is 387 g/mol. The summed E-state index contributed by atoms with van der Waals surface area (Å²) in [5.41, 5.74) is 0. The van der Waals surface area contributed by atoms with Gasteiger partial charge in [0.2, 0.25) is 5.91 Å². The zero-order valence-electron chi connectivity index (χ0n) is 13.5. The fourth-order valence-corrected chi connectivity index (χ4v) is 6.41. The number of hydrogen-bond donors (Lipinski definition) is 0. The van der Waals surface area contributed by atoms with E-state index in [-0.39, 0.29) is 10.8 Å². The molecule has 2 fully saturated rings. The van der Waals surface area contributed by atoms with E-state index in [4.69, 9.17) is 11.6 Å². The van der Waals surface area contributed by atoms with Gasteiger partial charge in [-0.3, -0.25) is 4.79 Å². The van der Waals surface area contributed by atoms with Gasteiger partial charge < -0.3 is 4.90 Å². The third-order valence-corrected chi connectivity index (χ3v) is 8.62. The Labute approximate surface area is 152 Å². The maximum Gasteiger partial charge on any atom is 0.232 e. The van der Waals surface area contributed by atoms with Gasteiger partial charge in [-0.2, -0.15) is 0 Å². The van der Waals surface area contributed by atoms with Gasteiger partial charge in [0.1, 0.15) is 0 Å². The first-order chi connectivity index (χ1) is 11.5. The molecule has 1 amide bonds. The molecule has 1 aromatic carbocycles. The van der Waals surface area contributed by atoms with Crippen LogP contribution in [0.2, 0.25) is 5.02 Å². The van der Waals surface area contributed by atoms with Crippen LogP contribution in [0.4, 0.5) is 0 Å². The minimum Gasteiger partial charge on any atom is -0.341 e. The van der Waals surface area contributed by atoms with Crippen LogP contribution in [0.1, 0.15) is 32.1 Å². The van der Waals surface area contributed by atoms with E-state index in [0.717, 1.165) is 0 Å². The molecule has 1 aliphatic heterocycles. The lowest BCUT2D eigenvalue weighted by Gasteiger charge is -2.18. The molecule has 0 N–H and O–H groups in total. The van der Waals surface area contributed by atoms with Crippen LogP contribution in [-0.4, -0.2) is 48.6 Å². The summed E-state index contributed by atoms with van der Waals surface area (Å²) in [6.07, 6.45) is 5.43. The van der Waals surface area contributed by atoms with E-state index in [2.05, 4.69) is 0 Å². The first kappa shape index (κ1) is 18.1. The highest BCUT2D eigenvalue weighted by atomic mass is 35.5. The van der Waals surface area contributed by atoms with Crippen molar-refractivity contribution in [3.8, 4) is 0 Å². The zero-order chi connectivity index (χ0) is 17.2. The van der Waals surface area contributed by atoms with Gasteiger partial charge in [0.15, 0.2) is 9.84 Å². The minimum absolute atomic E-state index is 0.0701. The predicted molar refractivity (Wildman–Crippen MR) is 98.3 cm³/mol. The fraction of sp³-hybridized carbons (Fsp3) is 0.588. The molecular weight excluding hydrogens is 366 g/mol. The number of halogens is 1. The van der Waals surface area contributed by atoms with Crippen LogP contribution in [0.15, 0.2) is 29.2 Å². The second-order valence-electron chi connectivity index (χ2n) is 6.47. The second kappa shape index (κ2) is 7.67. The van der Waals surface area contributed by atoms with Crippen molar-refractivity contribution in [2.24, 2.45) is 0 Å². The van der Waals surface area contributed by atoms with Gasteiger partial charge in [0.25, 0.3) is 0 Å². The van der Waals surface area contributed by atoms with Gasteiger partial charge in [0, 0.05) is 23.4 Å². The molecule has 7 heteroatoms. The Hall–Kier alpha value is -0.720. The van der Waals surface area contributed by atoms with Gasteiger partial charge >= 0.3 is 0 Å². The summed E-state index contributed by atoms with van der Waals surface area (Å²) in [6, 6.07) is 6.26. The van der Waals surface area contributed by atoms with Gasteiger partial charge in [-0.25, -0.2) is 8.42 Å². The fourth-order valence-electron chi connectivity index (χ4n) is 3.36. The summed E-state index contributed by atoms with van der Waals surface area (Å²) in [6.45, 7) is 0.830. The minimum atomic E-state index is -3.41. The topological polar surface area (TPSA) is 54.5 Å². The van der Waals surface area contributed by atoms with Crippen LogP contribution in [0.3, 0.4) is 0 Å². The quantitative estimate of drug-likeness (QED) is 0.777. The lowest BCUT2D eigenvalue weighted by atomic mass is 10.4. The van der Waals surface area contributed by atoms with Crippen molar-refractivity contribution in [2.75, 3.05) is 18.8 Å². The Balaban J connectivity index is 1.57. The van der Waals surface area contributed by atoms with Crippen molar-refractivity contribution in [3.63, 3.8) is 0 Å². The van der Waals surface area contributed by atoms with Crippen molar-refractivity contribution in [2.45, 2.75) is 47.5 Å². The molecule has 0 spiro atoms.